The molecule has 0 aliphatic rings. The summed E-state index contributed by atoms with van der Waals surface area (Å²) in [6.45, 7) is 3.77. The highest BCUT2D eigenvalue weighted by Crippen LogP contribution is 2.29. The number of hydrogen-bond acceptors (Lipinski definition) is 5. The van der Waals surface area contributed by atoms with E-state index < -0.39 is 12.1 Å². The molecular weight excluding hydrogens is 368 g/mol. The number of H-pyrrole nitrogens is 1. The van der Waals surface area contributed by atoms with E-state index in [1.165, 1.54) is 6.07 Å². The minimum atomic E-state index is -1.10. The molecule has 0 radical (unpaired) electrons. The molecule has 6 nitrogen and oxygen atoms in total. The van der Waals surface area contributed by atoms with Gasteiger partial charge in [-0.25, -0.2) is 4.79 Å². The predicted molar refractivity (Wildman–Crippen MR) is 108 cm³/mol. The highest BCUT2D eigenvalue weighted by molar-refractivity contribution is 6.11. The van der Waals surface area contributed by atoms with Crippen molar-refractivity contribution >= 4 is 22.7 Å². The number of nitrogens with zero attached hydrogens (tertiary/aromatic N) is 1. The molecule has 4 aromatic rings. The van der Waals surface area contributed by atoms with Crippen LogP contribution in [-0.4, -0.2) is 21.9 Å². The fourth-order valence-corrected chi connectivity index (χ4v) is 3.38. The Labute approximate surface area is 167 Å². The molecule has 29 heavy (non-hydrogen) atoms. The van der Waals surface area contributed by atoms with E-state index in [9.17, 15) is 9.59 Å². The summed E-state index contributed by atoms with van der Waals surface area (Å²) in [5.41, 5.74) is 3.66. The van der Waals surface area contributed by atoms with Gasteiger partial charge in [0.15, 0.2) is 6.10 Å². The number of fused-ring (bicyclic) bond motifs is 1. The lowest BCUT2D eigenvalue weighted by Crippen LogP contribution is -2.20. The van der Waals surface area contributed by atoms with Gasteiger partial charge in [-0.3, -0.25) is 4.79 Å². The lowest BCUT2D eigenvalue weighted by molar-refractivity contribution is 0.0243. The number of carbonyl (C=O) groups excluding carboxylic acids is 2. The van der Waals surface area contributed by atoms with Crippen LogP contribution in [0.1, 0.15) is 50.8 Å². The van der Waals surface area contributed by atoms with E-state index in [1.807, 2.05) is 24.3 Å². The molecule has 0 saturated carbocycles. The normalized spacial score (nSPS) is 12.1. The van der Waals surface area contributed by atoms with Gasteiger partial charge in [-0.1, -0.05) is 60.6 Å². The van der Waals surface area contributed by atoms with Crippen molar-refractivity contribution in [3.8, 4) is 0 Å². The average Bonchev–Trinajstić information content (AvgIpc) is 3.38. The molecule has 2 heterocycles. The number of esters is 1. The summed E-state index contributed by atoms with van der Waals surface area (Å²) >= 11 is 0. The Balaban J connectivity index is 1.73. The van der Waals surface area contributed by atoms with Crippen LogP contribution in [-0.2, 0) is 11.2 Å². The van der Waals surface area contributed by atoms with Crippen LogP contribution in [0.4, 0.5) is 0 Å². The first-order chi connectivity index (χ1) is 14.1. The van der Waals surface area contributed by atoms with Gasteiger partial charge in [-0.2, -0.15) is 0 Å². The number of hydrogen-bond donors (Lipinski definition) is 1. The van der Waals surface area contributed by atoms with Crippen LogP contribution in [0.25, 0.3) is 10.9 Å². The predicted octanol–water partition coefficient (Wildman–Crippen LogP) is 4.81. The fourth-order valence-electron chi connectivity index (χ4n) is 3.38. The van der Waals surface area contributed by atoms with Crippen molar-refractivity contribution in [1.82, 2.24) is 10.1 Å². The maximum absolute atomic E-state index is 13.4. The van der Waals surface area contributed by atoms with Crippen molar-refractivity contribution in [3.05, 3.63) is 88.9 Å². The molecule has 2 aromatic carbocycles. The van der Waals surface area contributed by atoms with E-state index in [0.29, 0.717) is 16.8 Å². The van der Waals surface area contributed by atoms with Crippen LogP contribution < -0.4 is 0 Å². The van der Waals surface area contributed by atoms with Gasteiger partial charge < -0.3 is 14.2 Å². The lowest BCUT2D eigenvalue weighted by Gasteiger charge is -2.16. The highest BCUT2D eigenvalue weighted by atomic mass is 16.6. The number of rotatable bonds is 6. The van der Waals surface area contributed by atoms with Crippen LogP contribution in [0.3, 0.4) is 0 Å². The number of ketones is 1. The van der Waals surface area contributed by atoms with Crippen molar-refractivity contribution < 1.29 is 18.8 Å². The fraction of sp³-hybridized carbons (Fsp3) is 0.174. The number of Topliss-reactive ketones (excluding diaryl/α,β-unsaturated/α-hetero) is 1. The summed E-state index contributed by atoms with van der Waals surface area (Å²) in [4.78, 5) is 29.2. The number of ether oxygens (including phenoxy) is 1. The molecule has 2 aromatic heterocycles. The number of carbonyl (C=O) groups is 2. The number of nitrogens with one attached hydrogen (secondary N) is 1. The zero-order valence-corrected chi connectivity index (χ0v) is 16.1. The first-order valence-corrected chi connectivity index (χ1v) is 9.41. The zero-order valence-electron chi connectivity index (χ0n) is 16.1. The van der Waals surface area contributed by atoms with E-state index in [4.69, 9.17) is 9.26 Å². The van der Waals surface area contributed by atoms with Crippen molar-refractivity contribution in [2.45, 2.75) is 26.4 Å². The maximum atomic E-state index is 13.4. The summed E-state index contributed by atoms with van der Waals surface area (Å²) in [5, 5.41) is 4.51. The van der Waals surface area contributed by atoms with Gasteiger partial charge in [-0.05, 0) is 18.9 Å². The topological polar surface area (TPSA) is 85.2 Å². The van der Waals surface area contributed by atoms with Crippen molar-refractivity contribution in [1.29, 1.82) is 0 Å². The van der Waals surface area contributed by atoms with Gasteiger partial charge in [0, 0.05) is 34.3 Å². The van der Waals surface area contributed by atoms with E-state index in [2.05, 4.69) is 17.1 Å². The Morgan fingerprint density at radius 3 is 2.62 bits per heavy atom. The molecule has 146 valence electrons. The van der Waals surface area contributed by atoms with Gasteiger partial charge in [0.1, 0.15) is 0 Å². The average molecular weight is 388 g/mol. The van der Waals surface area contributed by atoms with E-state index in [-0.39, 0.29) is 11.5 Å². The Morgan fingerprint density at radius 1 is 1.14 bits per heavy atom. The first kappa shape index (κ1) is 18.7. The third-order valence-electron chi connectivity index (χ3n) is 4.84. The second-order valence-corrected chi connectivity index (χ2v) is 6.79. The maximum Gasteiger partial charge on any atom is 0.378 e. The Hall–Kier alpha value is -3.67. The molecule has 0 aliphatic heterocycles. The number of benzene rings is 2. The van der Waals surface area contributed by atoms with Crippen LogP contribution in [0, 0.1) is 6.92 Å². The standard InChI is InChI=1S/C23H20N2O4/c1-3-15-10-7-11-17-18(13-24-20(15)17)21(26)22(16-8-5-4-6-9-16)28-23(27)19-12-14(2)25-29-19/h4-13,22,24H,3H2,1-2H3/t22-/m0/s1. The van der Waals surface area contributed by atoms with E-state index in [0.717, 1.165) is 22.9 Å². The third-order valence-corrected chi connectivity index (χ3v) is 4.84. The van der Waals surface area contributed by atoms with E-state index >= 15 is 0 Å². The second-order valence-electron chi connectivity index (χ2n) is 6.79. The van der Waals surface area contributed by atoms with E-state index in [1.54, 1.807) is 37.4 Å². The molecule has 0 saturated heterocycles. The molecule has 1 N–H and O–H groups in total. The second kappa shape index (κ2) is 7.75. The summed E-state index contributed by atoms with van der Waals surface area (Å²) in [6.07, 6.45) is 1.42. The summed E-state index contributed by atoms with van der Waals surface area (Å²) in [6, 6.07) is 16.3. The summed E-state index contributed by atoms with van der Waals surface area (Å²) in [5.74, 6) is -1.08. The van der Waals surface area contributed by atoms with Gasteiger partial charge in [0.25, 0.3) is 0 Å². The molecular formula is C23H20N2O4. The van der Waals surface area contributed by atoms with Crippen LogP contribution >= 0.6 is 0 Å². The molecule has 6 heteroatoms. The third kappa shape index (κ3) is 3.57. The number of para-hydroxylation sites is 1. The monoisotopic (exact) mass is 388 g/mol. The van der Waals surface area contributed by atoms with Crippen molar-refractivity contribution in [3.63, 3.8) is 0 Å². The Morgan fingerprint density at radius 2 is 1.93 bits per heavy atom. The van der Waals surface area contributed by atoms with Crippen molar-refractivity contribution in [2.75, 3.05) is 0 Å². The molecule has 0 bridgehead atoms. The molecule has 0 unspecified atom stereocenters. The molecule has 0 aliphatic carbocycles. The zero-order chi connectivity index (χ0) is 20.4. The minimum Gasteiger partial charge on any atom is -0.443 e. The van der Waals surface area contributed by atoms with Gasteiger partial charge >= 0.3 is 5.97 Å². The minimum absolute atomic E-state index is 0.0385. The number of aromatic amines is 1. The number of aromatic nitrogens is 2. The Kier molecular flexibility index (Phi) is 4.99. The molecule has 0 fully saturated rings. The van der Waals surface area contributed by atoms with Crippen LogP contribution in [0.5, 0.6) is 0 Å². The van der Waals surface area contributed by atoms with Gasteiger partial charge in [0.2, 0.25) is 11.5 Å². The largest absolute Gasteiger partial charge is 0.443 e. The Bertz CT molecular complexity index is 1170. The van der Waals surface area contributed by atoms with Crippen LogP contribution in [0.2, 0.25) is 0 Å². The van der Waals surface area contributed by atoms with Gasteiger partial charge in [-0.15, -0.1) is 0 Å². The summed E-state index contributed by atoms with van der Waals surface area (Å²) < 4.78 is 10.6. The first-order valence-electron chi connectivity index (χ1n) is 9.41. The molecule has 1 atom stereocenters. The van der Waals surface area contributed by atoms with Crippen molar-refractivity contribution in [2.24, 2.45) is 0 Å². The molecule has 0 amide bonds. The number of aryl methyl sites for hydroxylation is 2. The summed E-state index contributed by atoms with van der Waals surface area (Å²) in [7, 11) is 0. The highest BCUT2D eigenvalue weighted by Gasteiger charge is 2.30. The quantitative estimate of drug-likeness (QED) is 0.378. The smallest absolute Gasteiger partial charge is 0.378 e. The van der Waals surface area contributed by atoms with Gasteiger partial charge in [0.05, 0.1) is 5.69 Å². The van der Waals surface area contributed by atoms with Crippen LogP contribution in [0.15, 0.2) is 65.3 Å². The SMILES string of the molecule is CCc1cccc2c(C(=O)[C@@H](OC(=O)c3cc(C)no3)c3ccccc3)c[nH]c12. The molecule has 0 spiro atoms. The lowest BCUT2D eigenvalue weighted by atomic mass is 9.98. The molecule has 4 rings (SSSR count).